The van der Waals surface area contributed by atoms with Gasteiger partial charge in [0.1, 0.15) is 23.7 Å². The summed E-state index contributed by atoms with van der Waals surface area (Å²) in [4.78, 5) is 72.0. The minimum atomic E-state index is -3.31. The number of aromatic nitrogens is 4. The van der Waals surface area contributed by atoms with Gasteiger partial charge < -0.3 is 44.6 Å². The van der Waals surface area contributed by atoms with Crippen molar-refractivity contribution >= 4 is 24.0 Å². The average Bonchev–Trinajstić information content (AvgIpc) is 3.87. The molecule has 9 rings (SSSR count). The van der Waals surface area contributed by atoms with E-state index in [-0.39, 0.29) is 52.3 Å². The van der Waals surface area contributed by atoms with Crippen molar-refractivity contribution in [3.05, 3.63) is 71.6 Å². The van der Waals surface area contributed by atoms with Crippen LogP contribution in [0.25, 0.3) is 33.6 Å². The molecule has 4 fully saturated rings. The number of carbonyl (C=O) groups excluding carboxylic acids is 4. The minimum absolute atomic E-state index is 0.00644. The normalized spacial score (nSPS) is 22.0. The Balaban J connectivity index is 0.933. The first kappa shape index (κ1) is 41.5. The summed E-state index contributed by atoms with van der Waals surface area (Å²) < 4.78 is 48.3. The molecule has 62 heavy (non-hydrogen) atoms. The van der Waals surface area contributed by atoms with Crippen molar-refractivity contribution in [3.63, 3.8) is 0 Å². The lowest BCUT2D eigenvalue weighted by atomic mass is 9.90. The second kappa shape index (κ2) is 16.1. The fourth-order valence-corrected chi connectivity index (χ4v) is 9.92. The molecule has 2 aliphatic carbocycles. The molecule has 2 aromatic carbocycles. The van der Waals surface area contributed by atoms with Gasteiger partial charge in [-0.2, -0.15) is 8.78 Å². The molecule has 1 unspecified atom stereocenters. The smallest absolute Gasteiger partial charge is 0.407 e. The Bertz CT molecular complexity index is 2390. The van der Waals surface area contributed by atoms with E-state index < -0.39 is 30.2 Å². The molecule has 1 saturated carbocycles. The Kier molecular flexibility index (Phi) is 10.8. The largest absolute Gasteiger partial charge is 0.453 e. The van der Waals surface area contributed by atoms with Crippen LogP contribution in [-0.2, 0) is 29.7 Å². The van der Waals surface area contributed by atoms with Gasteiger partial charge in [-0.25, -0.2) is 19.6 Å². The molecule has 4 aromatic rings. The van der Waals surface area contributed by atoms with E-state index in [0.29, 0.717) is 90.9 Å². The van der Waals surface area contributed by atoms with E-state index in [4.69, 9.17) is 19.2 Å². The number of imidazole rings is 2. The number of methoxy groups -OCH3 is 2. The number of amides is 4. The zero-order valence-corrected chi connectivity index (χ0v) is 35.3. The quantitative estimate of drug-likeness (QED) is 0.133. The van der Waals surface area contributed by atoms with Crippen molar-refractivity contribution in [1.29, 1.82) is 0 Å². The van der Waals surface area contributed by atoms with Crippen molar-refractivity contribution in [2.75, 3.05) is 40.5 Å². The molecule has 4 amide bonds. The zero-order chi connectivity index (χ0) is 43.5. The molecule has 2 aromatic heterocycles. The summed E-state index contributed by atoms with van der Waals surface area (Å²) in [6.07, 6.45) is 7.31. The van der Waals surface area contributed by atoms with Crippen LogP contribution in [0, 0.1) is 17.3 Å². The van der Waals surface area contributed by atoms with Gasteiger partial charge in [-0.3, -0.25) is 9.59 Å². The van der Waals surface area contributed by atoms with Gasteiger partial charge in [0.15, 0.2) is 0 Å². The summed E-state index contributed by atoms with van der Waals surface area (Å²) in [5, 5.41) is 5.46. The van der Waals surface area contributed by atoms with Crippen LogP contribution in [0.3, 0.4) is 0 Å². The van der Waals surface area contributed by atoms with Gasteiger partial charge in [-0.1, -0.05) is 38.1 Å². The minimum Gasteiger partial charge on any atom is -0.453 e. The number of carbonyl (C=O) groups is 4. The molecular formula is C45H52F2N8O7. The fourth-order valence-electron chi connectivity index (χ4n) is 9.92. The summed E-state index contributed by atoms with van der Waals surface area (Å²) in [6, 6.07) is 7.68. The van der Waals surface area contributed by atoms with Crippen molar-refractivity contribution in [2.45, 2.75) is 88.9 Å². The maximum atomic E-state index is 16.6. The van der Waals surface area contributed by atoms with E-state index in [0.717, 1.165) is 25.7 Å². The first-order chi connectivity index (χ1) is 29.8. The number of aromatic amines is 2. The predicted molar refractivity (Wildman–Crippen MR) is 222 cm³/mol. The predicted octanol–water partition coefficient (Wildman–Crippen LogP) is 6.84. The number of rotatable bonds is 10. The van der Waals surface area contributed by atoms with E-state index in [1.807, 2.05) is 13.8 Å². The highest BCUT2D eigenvalue weighted by molar-refractivity contribution is 5.88. The number of benzene rings is 2. The number of ether oxygens (including phenoxy) is 3. The highest BCUT2D eigenvalue weighted by Crippen LogP contribution is 2.58. The first-order valence-corrected chi connectivity index (χ1v) is 21.5. The van der Waals surface area contributed by atoms with E-state index in [2.05, 4.69) is 25.6 Å². The maximum absolute atomic E-state index is 16.6. The Morgan fingerprint density at radius 2 is 1.55 bits per heavy atom. The summed E-state index contributed by atoms with van der Waals surface area (Å²) >= 11 is 0. The van der Waals surface area contributed by atoms with Crippen molar-refractivity contribution in [2.24, 2.45) is 17.3 Å². The maximum Gasteiger partial charge on any atom is 0.407 e. The number of hydrogen-bond donors (Lipinski definition) is 4. The summed E-state index contributed by atoms with van der Waals surface area (Å²) in [5.74, 6) is -2.92. The van der Waals surface area contributed by atoms with Gasteiger partial charge in [-0.15, -0.1) is 0 Å². The average molecular weight is 855 g/mol. The molecule has 5 aliphatic rings. The van der Waals surface area contributed by atoms with E-state index in [9.17, 15) is 19.2 Å². The SMILES string of the molecule is COC(=O)NC(C(=O)N1CC2(CC2)C[C@H]1c1ncc(-c2ccc3c(c2)C(F)(F)c2cc(-c4c[nH]c([C@@H]5CCCN5C(=O)[C@@H](NC(=O)OC)C5CCOCC5)n4)ccc2-3)[nH]1)C(C)C. The topological polar surface area (TPSA) is 184 Å². The molecule has 0 bridgehead atoms. The number of likely N-dealkylation sites (tertiary alicyclic amines) is 2. The van der Waals surface area contributed by atoms with Gasteiger partial charge in [0.05, 0.1) is 43.9 Å². The third kappa shape index (κ3) is 7.47. The van der Waals surface area contributed by atoms with Gasteiger partial charge >= 0.3 is 12.2 Å². The fraction of sp³-hybridized carbons (Fsp3) is 0.511. The Hall–Kier alpha value is -5.84. The lowest BCUT2D eigenvalue weighted by Gasteiger charge is -2.34. The van der Waals surface area contributed by atoms with Crippen LogP contribution >= 0.6 is 0 Å². The van der Waals surface area contributed by atoms with E-state index in [1.165, 1.54) is 26.4 Å². The van der Waals surface area contributed by atoms with Crippen LogP contribution in [-0.4, -0.2) is 106 Å². The molecule has 328 valence electrons. The van der Waals surface area contributed by atoms with Crippen molar-refractivity contribution < 1.29 is 42.2 Å². The summed E-state index contributed by atoms with van der Waals surface area (Å²) in [5.41, 5.74) is 2.69. The molecule has 3 saturated heterocycles. The molecule has 0 radical (unpaired) electrons. The Morgan fingerprint density at radius 3 is 2.23 bits per heavy atom. The molecule has 3 aliphatic heterocycles. The van der Waals surface area contributed by atoms with Gasteiger partial charge in [-0.05, 0) is 85.5 Å². The molecule has 17 heteroatoms. The molecule has 4 atom stereocenters. The number of nitrogens with one attached hydrogen (secondary N) is 4. The number of fused-ring (bicyclic) bond motifs is 3. The molecule has 1 spiro atoms. The van der Waals surface area contributed by atoms with Crippen LogP contribution in [0.5, 0.6) is 0 Å². The highest BCUT2D eigenvalue weighted by atomic mass is 19.3. The monoisotopic (exact) mass is 854 g/mol. The van der Waals surface area contributed by atoms with Crippen LogP contribution in [0.2, 0.25) is 0 Å². The third-order valence-electron chi connectivity index (χ3n) is 13.6. The number of hydrogen-bond acceptors (Lipinski definition) is 9. The Morgan fingerprint density at radius 1 is 0.871 bits per heavy atom. The van der Waals surface area contributed by atoms with Crippen LogP contribution in [0.15, 0.2) is 48.8 Å². The lowest BCUT2D eigenvalue weighted by molar-refractivity contribution is -0.137. The second-order valence-corrected chi connectivity index (χ2v) is 17.7. The summed E-state index contributed by atoms with van der Waals surface area (Å²) in [6.45, 7) is 5.78. The number of alkyl carbamates (subject to hydrolysis) is 2. The Labute approximate surface area is 357 Å². The van der Waals surface area contributed by atoms with E-state index >= 15 is 8.78 Å². The first-order valence-electron chi connectivity index (χ1n) is 21.5. The van der Waals surface area contributed by atoms with Crippen LogP contribution in [0.4, 0.5) is 18.4 Å². The zero-order valence-electron chi connectivity index (χ0n) is 35.3. The van der Waals surface area contributed by atoms with Crippen molar-refractivity contribution in [3.8, 4) is 33.6 Å². The summed E-state index contributed by atoms with van der Waals surface area (Å²) in [7, 11) is 2.53. The molecule has 4 N–H and O–H groups in total. The molecular weight excluding hydrogens is 803 g/mol. The van der Waals surface area contributed by atoms with Crippen LogP contribution < -0.4 is 10.6 Å². The van der Waals surface area contributed by atoms with Crippen molar-refractivity contribution in [1.82, 2.24) is 40.4 Å². The van der Waals surface area contributed by atoms with Gasteiger partial charge in [0, 0.05) is 54.8 Å². The van der Waals surface area contributed by atoms with Gasteiger partial charge in [0.25, 0.3) is 5.92 Å². The molecule has 15 nitrogen and oxygen atoms in total. The number of alkyl halides is 2. The van der Waals surface area contributed by atoms with Gasteiger partial charge in [0.2, 0.25) is 11.8 Å². The lowest BCUT2D eigenvalue weighted by Crippen LogP contribution is -2.53. The number of H-pyrrole nitrogens is 2. The molecule has 5 heterocycles. The number of halogens is 2. The van der Waals surface area contributed by atoms with Crippen LogP contribution in [0.1, 0.15) is 93.7 Å². The number of nitrogens with zero attached hydrogens (tertiary/aromatic N) is 4. The van der Waals surface area contributed by atoms with E-state index in [1.54, 1.807) is 46.5 Å². The second-order valence-electron chi connectivity index (χ2n) is 17.7. The third-order valence-corrected chi connectivity index (χ3v) is 13.6. The highest BCUT2D eigenvalue weighted by Gasteiger charge is 2.55. The standard InChI is InChI=1S/C45H52F2N8O7/c1-24(2)36(52-42(58)60-3)40(56)55-23-44(13-14-44)20-35(55)39-49-22-33(51-39)27-8-10-29-28-9-7-26(18-30(28)45(46,47)31(29)19-27)32-21-48-38(50-32)34-6-5-15-54(34)41(57)37(53-43(59)61-4)25-11-16-62-17-12-25/h7-10,18-19,21-22,24-25,34-37H,5-6,11-17,20,23H2,1-4H3,(H,48,50)(H,49,51)(H,52,58)(H,53,59)/t34-,35-,36?,37-/m0/s1.